The average Bonchev–Trinajstić information content (AvgIpc) is 2.63. The van der Waals surface area contributed by atoms with Crippen LogP contribution in [-0.4, -0.2) is 34.0 Å². The van der Waals surface area contributed by atoms with Gasteiger partial charge in [-0.05, 0) is 6.92 Å². The van der Waals surface area contributed by atoms with E-state index in [1.54, 1.807) is 37.3 Å². The summed E-state index contributed by atoms with van der Waals surface area (Å²) < 4.78 is 6.11. The first-order chi connectivity index (χ1) is 12.9. The van der Waals surface area contributed by atoms with Crippen molar-refractivity contribution in [2.75, 3.05) is 6.54 Å². The molecule has 1 aromatic heterocycles. The van der Waals surface area contributed by atoms with Gasteiger partial charge < -0.3 is 10.1 Å². The van der Waals surface area contributed by atoms with Gasteiger partial charge in [0.25, 0.3) is 11.5 Å². The summed E-state index contributed by atoms with van der Waals surface area (Å²) >= 11 is 0. The smallest absolute Gasteiger partial charge is 0.328 e. The molecule has 0 bridgehead atoms. The number of carbonyl (C=O) groups excluding carboxylic acids is 3. The lowest BCUT2D eigenvalue weighted by Crippen LogP contribution is -2.43. The number of esters is 1. The van der Waals surface area contributed by atoms with Gasteiger partial charge in [0.1, 0.15) is 6.54 Å². The monoisotopic (exact) mass is 374 g/mol. The lowest BCUT2D eigenvalue weighted by molar-refractivity contribution is -0.156. The van der Waals surface area contributed by atoms with E-state index in [1.165, 1.54) is 0 Å². The first-order valence-corrected chi connectivity index (χ1v) is 8.03. The van der Waals surface area contributed by atoms with Crippen LogP contribution >= 0.6 is 0 Å². The lowest BCUT2D eigenvalue weighted by Gasteiger charge is -2.18. The molecule has 0 aliphatic rings. The second-order valence-corrected chi connectivity index (χ2v) is 5.37. The van der Waals surface area contributed by atoms with Gasteiger partial charge in [0, 0.05) is 24.4 Å². The number of imide groups is 1. The Kier molecular flexibility index (Phi) is 6.64. The van der Waals surface area contributed by atoms with E-state index >= 15 is 0 Å². The molecule has 2 rings (SSSR count). The van der Waals surface area contributed by atoms with Gasteiger partial charge in [0.15, 0.2) is 0 Å². The molecule has 2 aromatic rings. The van der Waals surface area contributed by atoms with E-state index in [4.69, 9.17) is 4.74 Å². The minimum atomic E-state index is -1.39. The lowest BCUT2D eigenvalue weighted by atomic mass is 10.1. The minimum absolute atomic E-state index is 0.310. The number of hydrogen-bond acceptors (Lipinski definition) is 6. The second-order valence-electron chi connectivity index (χ2n) is 5.37. The van der Waals surface area contributed by atoms with E-state index in [2.05, 4.69) is 10.6 Å². The highest BCUT2D eigenvalue weighted by Gasteiger charge is 2.26. The third kappa shape index (κ3) is 5.66. The molecule has 27 heavy (non-hydrogen) atoms. The summed E-state index contributed by atoms with van der Waals surface area (Å²) in [4.78, 5) is 60.9. The molecule has 1 aromatic carbocycles. The van der Waals surface area contributed by atoms with E-state index in [9.17, 15) is 24.0 Å². The number of amides is 3. The van der Waals surface area contributed by atoms with Crippen molar-refractivity contribution in [1.29, 1.82) is 0 Å². The Labute approximate surface area is 153 Å². The summed E-state index contributed by atoms with van der Waals surface area (Å²) in [6.07, 6.45) is -0.255. The zero-order valence-electron chi connectivity index (χ0n) is 14.4. The van der Waals surface area contributed by atoms with E-state index < -0.39 is 41.8 Å². The molecule has 142 valence electrons. The zero-order chi connectivity index (χ0) is 19.8. The standard InChI is InChI=1S/C17H18N4O6/c1-2-18-16(25)20-15(24)14(11-6-4-3-5-7-11)27-13(23)10-21-9-8-12(22)19-17(21)26/h3-9,14H,2,10H2,1H3,(H,19,22,26)(H2,18,20,24,25)/t14-/m1/s1. The molecule has 0 unspecified atom stereocenters. The van der Waals surface area contributed by atoms with E-state index in [1.807, 2.05) is 4.98 Å². The maximum absolute atomic E-state index is 12.4. The number of urea groups is 1. The van der Waals surface area contributed by atoms with Crippen molar-refractivity contribution in [3.05, 3.63) is 69.0 Å². The number of aromatic amines is 1. The fourth-order valence-corrected chi connectivity index (χ4v) is 2.16. The third-order valence-corrected chi connectivity index (χ3v) is 3.36. The number of aromatic nitrogens is 2. The average molecular weight is 374 g/mol. The molecule has 0 fully saturated rings. The molecule has 3 amide bonds. The topological polar surface area (TPSA) is 139 Å². The summed E-state index contributed by atoms with van der Waals surface area (Å²) in [7, 11) is 0. The van der Waals surface area contributed by atoms with Crippen molar-refractivity contribution in [3.63, 3.8) is 0 Å². The van der Waals surface area contributed by atoms with Gasteiger partial charge in [-0.1, -0.05) is 30.3 Å². The normalized spacial score (nSPS) is 11.3. The number of nitrogens with one attached hydrogen (secondary N) is 3. The molecular formula is C17H18N4O6. The summed E-state index contributed by atoms with van der Waals surface area (Å²) in [5, 5.41) is 4.48. The largest absolute Gasteiger partial charge is 0.446 e. The van der Waals surface area contributed by atoms with Crippen LogP contribution in [0, 0.1) is 0 Å². The van der Waals surface area contributed by atoms with Gasteiger partial charge in [-0.15, -0.1) is 0 Å². The van der Waals surface area contributed by atoms with Crippen molar-refractivity contribution >= 4 is 17.9 Å². The highest BCUT2D eigenvalue weighted by atomic mass is 16.5. The van der Waals surface area contributed by atoms with Crippen molar-refractivity contribution in [2.24, 2.45) is 0 Å². The number of H-pyrrole nitrogens is 1. The zero-order valence-corrected chi connectivity index (χ0v) is 14.4. The number of ether oxygens (including phenoxy) is 1. The molecule has 1 heterocycles. The Balaban J connectivity index is 2.17. The van der Waals surface area contributed by atoms with Gasteiger partial charge in [-0.3, -0.25) is 29.3 Å². The molecule has 0 spiro atoms. The first kappa shape index (κ1) is 19.6. The van der Waals surface area contributed by atoms with E-state index in [0.29, 0.717) is 12.1 Å². The Morgan fingerprint density at radius 2 is 1.85 bits per heavy atom. The van der Waals surface area contributed by atoms with Crippen LogP contribution in [0.5, 0.6) is 0 Å². The maximum atomic E-state index is 12.4. The van der Waals surface area contributed by atoms with Gasteiger partial charge in [0.05, 0.1) is 0 Å². The van der Waals surface area contributed by atoms with Gasteiger partial charge in [-0.2, -0.15) is 0 Å². The molecule has 10 nitrogen and oxygen atoms in total. The molecule has 3 N–H and O–H groups in total. The highest BCUT2D eigenvalue weighted by molar-refractivity contribution is 5.97. The van der Waals surface area contributed by atoms with Crippen LogP contribution in [0.3, 0.4) is 0 Å². The van der Waals surface area contributed by atoms with Gasteiger partial charge >= 0.3 is 17.7 Å². The highest BCUT2D eigenvalue weighted by Crippen LogP contribution is 2.18. The number of hydrogen-bond donors (Lipinski definition) is 3. The molecule has 1 atom stereocenters. The molecular weight excluding hydrogens is 356 g/mol. The minimum Gasteiger partial charge on any atom is -0.446 e. The van der Waals surface area contributed by atoms with Crippen LogP contribution in [0.2, 0.25) is 0 Å². The number of nitrogens with zero attached hydrogens (tertiary/aromatic N) is 1. The third-order valence-electron chi connectivity index (χ3n) is 3.36. The Hall–Kier alpha value is -3.69. The summed E-state index contributed by atoms with van der Waals surface area (Å²) in [6, 6.07) is 8.46. The van der Waals surface area contributed by atoms with Crippen molar-refractivity contribution in [3.8, 4) is 0 Å². The molecule has 0 saturated heterocycles. The predicted molar refractivity (Wildman–Crippen MR) is 93.8 cm³/mol. The number of carbonyl (C=O) groups is 3. The predicted octanol–water partition coefficient (Wildman–Crippen LogP) is -0.333. The van der Waals surface area contributed by atoms with Crippen LogP contribution < -0.4 is 21.9 Å². The van der Waals surface area contributed by atoms with Crippen LogP contribution in [0.4, 0.5) is 4.79 Å². The van der Waals surface area contributed by atoms with Crippen molar-refractivity contribution < 1.29 is 19.1 Å². The Morgan fingerprint density at radius 3 is 2.48 bits per heavy atom. The summed E-state index contributed by atoms with van der Waals surface area (Å²) in [5.74, 6) is -1.74. The Morgan fingerprint density at radius 1 is 1.15 bits per heavy atom. The molecule has 0 aliphatic carbocycles. The molecule has 0 aliphatic heterocycles. The first-order valence-electron chi connectivity index (χ1n) is 8.03. The molecule has 0 saturated carbocycles. The van der Waals surface area contributed by atoms with E-state index in [0.717, 1.165) is 16.8 Å². The van der Waals surface area contributed by atoms with Gasteiger partial charge in [-0.25, -0.2) is 9.59 Å². The number of rotatable bonds is 6. The Bertz CT molecular complexity index is 934. The van der Waals surface area contributed by atoms with Crippen LogP contribution in [0.1, 0.15) is 18.6 Å². The second kappa shape index (κ2) is 9.13. The molecule has 10 heteroatoms. The summed E-state index contributed by atoms with van der Waals surface area (Å²) in [6.45, 7) is 1.47. The fourth-order valence-electron chi connectivity index (χ4n) is 2.16. The van der Waals surface area contributed by atoms with Crippen LogP contribution in [0.25, 0.3) is 0 Å². The molecule has 0 radical (unpaired) electrons. The maximum Gasteiger partial charge on any atom is 0.328 e. The van der Waals surface area contributed by atoms with Gasteiger partial charge in [0.2, 0.25) is 6.10 Å². The van der Waals surface area contributed by atoms with Crippen molar-refractivity contribution in [2.45, 2.75) is 19.6 Å². The SMILES string of the molecule is CCNC(=O)NC(=O)[C@H](OC(=O)Cn1ccc(=O)[nH]c1=O)c1ccccc1. The quantitative estimate of drug-likeness (QED) is 0.592. The van der Waals surface area contributed by atoms with E-state index in [-0.39, 0.29) is 0 Å². The fraction of sp³-hybridized carbons (Fsp3) is 0.235. The van der Waals surface area contributed by atoms with Crippen LogP contribution in [0.15, 0.2) is 52.2 Å². The summed E-state index contributed by atoms with van der Waals surface area (Å²) in [5.41, 5.74) is -1.04. The number of benzene rings is 1. The van der Waals surface area contributed by atoms with Crippen molar-refractivity contribution in [1.82, 2.24) is 20.2 Å². The van der Waals surface area contributed by atoms with Crippen LogP contribution in [-0.2, 0) is 20.9 Å².